The number of methoxy groups -OCH3 is 1. The minimum absolute atomic E-state index is 0.356. The number of thiazole rings is 1. The SMILES string of the molecule is C=CCOc1c(Cl)cc(C=NNc2nc(C)cs2)cc1OC. The molecule has 116 valence electrons. The van der Waals surface area contributed by atoms with Crippen molar-refractivity contribution in [2.45, 2.75) is 6.92 Å². The molecule has 2 rings (SSSR count). The molecule has 1 aromatic heterocycles. The van der Waals surface area contributed by atoms with Crippen LogP contribution >= 0.6 is 22.9 Å². The van der Waals surface area contributed by atoms with Crippen LogP contribution in [-0.2, 0) is 0 Å². The van der Waals surface area contributed by atoms with Gasteiger partial charge < -0.3 is 9.47 Å². The number of benzene rings is 1. The van der Waals surface area contributed by atoms with Gasteiger partial charge in [0.25, 0.3) is 0 Å². The summed E-state index contributed by atoms with van der Waals surface area (Å²) in [5.74, 6) is 1.03. The van der Waals surface area contributed by atoms with Crippen LogP contribution in [0.15, 0.2) is 35.3 Å². The molecule has 0 bridgehead atoms. The predicted octanol–water partition coefficient (Wildman–Crippen LogP) is 4.12. The van der Waals surface area contributed by atoms with Crippen LogP contribution in [0.25, 0.3) is 0 Å². The first-order valence-electron chi connectivity index (χ1n) is 6.46. The highest BCUT2D eigenvalue weighted by molar-refractivity contribution is 7.13. The van der Waals surface area contributed by atoms with Gasteiger partial charge in [-0.25, -0.2) is 4.98 Å². The van der Waals surface area contributed by atoms with Gasteiger partial charge in [-0.1, -0.05) is 24.3 Å². The smallest absolute Gasteiger partial charge is 0.203 e. The second-order valence-corrected chi connectivity index (χ2v) is 5.56. The normalized spacial score (nSPS) is 10.7. The summed E-state index contributed by atoms with van der Waals surface area (Å²) < 4.78 is 10.8. The second kappa shape index (κ2) is 7.82. The molecule has 0 radical (unpaired) electrons. The maximum Gasteiger partial charge on any atom is 0.203 e. The van der Waals surface area contributed by atoms with Crippen molar-refractivity contribution >= 4 is 34.3 Å². The molecule has 0 amide bonds. The van der Waals surface area contributed by atoms with Crippen molar-refractivity contribution < 1.29 is 9.47 Å². The zero-order valence-electron chi connectivity index (χ0n) is 12.3. The number of halogens is 1. The van der Waals surface area contributed by atoms with Gasteiger partial charge in [0.2, 0.25) is 5.13 Å². The summed E-state index contributed by atoms with van der Waals surface area (Å²) in [4.78, 5) is 4.25. The minimum Gasteiger partial charge on any atom is -0.493 e. The van der Waals surface area contributed by atoms with Gasteiger partial charge in [-0.05, 0) is 24.6 Å². The van der Waals surface area contributed by atoms with E-state index in [1.807, 2.05) is 12.3 Å². The maximum atomic E-state index is 6.22. The van der Waals surface area contributed by atoms with Gasteiger partial charge in [0.05, 0.1) is 24.0 Å². The number of nitrogens with zero attached hydrogens (tertiary/aromatic N) is 2. The molecule has 7 heteroatoms. The Hall–Kier alpha value is -2.05. The fourth-order valence-corrected chi connectivity index (χ4v) is 2.57. The van der Waals surface area contributed by atoms with Crippen LogP contribution in [0.5, 0.6) is 11.5 Å². The molecular formula is C15H16ClN3O2S. The van der Waals surface area contributed by atoms with E-state index in [0.717, 1.165) is 16.4 Å². The van der Waals surface area contributed by atoms with E-state index in [4.69, 9.17) is 21.1 Å². The lowest BCUT2D eigenvalue weighted by atomic mass is 10.2. The quantitative estimate of drug-likeness (QED) is 0.469. The van der Waals surface area contributed by atoms with E-state index in [9.17, 15) is 0 Å². The standard InChI is InChI=1S/C15H16ClN3O2S/c1-4-5-21-14-12(16)6-11(7-13(14)20-3)8-17-19-15-18-10(2)9-22-15/h4,6-9H,1,5H2,2-3H3,(H,18,19). The Bertz CT molecular complexity index is 685. The molecule has 0 aliphatic rings. The van der Waals surface area contributed by atoms with Crippen molar-refractivity contribution in [1.29, 1.82) is 0 Å². The van der Waals surface area contributed by atoms with E-state index in [1.54, 1.807) is 31.5 Å². The Labute approximate surface area is 138 Å². The number of aromatic nitrogens is 1. The first kappa shape index (κ1) is 16.3. The van der Waals surface area contributed by atoms with Crippen molar-refractivity contribution in [2.24, 2.45) is 5.10 Å². The van der Waals surface area contributed by atoms with E-state index in [-0.39, 0.29) is 0 Å². The van der Waals surface area contributed by atoms with Crippen LogP contribution in [0.3, 0.4) is 0 Å². The lowest BCUT2D eigenvalue weighted by Crippen LogP contribution is -1.98. The Balaban J connectivity index is 2.13. The molecule has 5 nitrogen and oxygen atoms in total. The van der Waals surface area contributed by atoms with Gasteiger partial charge in [-0.15, -0.1) is 11.3 Å². The lowest BCUT2D eigenvalue weighted by molar-refractivity contribution is 0.326. The third kappa shape index (κ3) is 4.22. The highest BCUT2D eigenvalue weighted by Gasteiger charge is 2.11. The summed E-state index contributed by atoms with van der Waals surface area (Å²) in [5.41, 5.74) is 4.61. The summed E-state index contributed by atoms with van der Waals surface area (Å²) in [5, 5.41) is 7.27. The molecule has 2 aromatic rings. The Kier molecular flexibility index (Phi) is 5.80. The largest absolute Gasteiger partial charge is 0.493 e. The highest BCUT2D eigenvalue weighted by Crippen LogP contribution is 2.36. The molecule has 0 saturated carbocycles. The fourth-order valence-electron chi connectivity index (χ4n) is 1.66. The van der Waals surface area contributed by atoms with Crippen molar-refractivity contribution in [2.75, 3.05) is 19.1 Å². The monoisotopic (exact) mass is 337 g/mol. The van der Waals surface area contributed by atoms with Crippen LogP contribution in [0.2, 0.25) is 5.02 Å². The van der Waals surface area contributed by atoms with Crippen LogP contribution in [-0.4, -0.2) is 24.9 Å². The summed E-state index contributed by atoms with van der Waals surface area (Å²) in [6.07, 6.45) is 3.29. The first-order valence-corrected chi connectivity index (χ1v) is 7.72. The molecule has 22 heavy (non-hydrogen) atoms. The summed E-state index contributed by atoms with van der Waals surface area (Å²) in [6, 6.07) is 3.55. The molecule has 0 saturated heterocycles. The molecule has 0 atom stereocenters. The minimum atomic E-state index is 0.356. The van der Waals surface area contributed by atoms with E-state index in [1.165, 1.54) is 11.3 Å². The zero-order chi connectivity index (χ0) is 15.9. The number of nitrogens with one attached hydrogen (secondary N) is 1. The average Bonchev–Trinajstić information content (AvgIpc) is 2.91. The molecular weight excluding hydrogens is 322 g/mol. The number of rotatable bonds is 7. The number of ether oxygens (including phenoxy) is 2. The van der Waals surface area contributed by atoms with Crippen molar-refractivity contribution in [3.05, 3.63) is 46.4 Å². The van der Waals surface area contributed by atoms with Crippen LogP contribution < -0.4 is 14.9 Å². The van der Waals surface area contributed by atoms with Gasteiger partial charge in [-0.3, -0.25) is 5.43 Å². The molecule has 0 aliphatic carbocycles. The van der Waals surface area contributed by atoms with Crippen LogP contribution in [0.4, 0.5) is 5.13 Å². The second-order valence-electron chi connectivity index (χ2n) is 4.30. The van der Waals surface area contributed by atoms with Crippen molar-refractivity contribution in [3.8, 4) is 11.5 Å². The number of aryl methyl sites for hydroxylation is 1. The van der Waals surface area contributed by atoms with E-state index in [0.29, 0.717) is 23.1 Å². The molecule has 1 aromatic carbocycles. The molecule has 0 spiro atoms. The lowest BCUT2D eigenvalue weighted by Gasteiger charge is -2.11. The third-order valence-corrected chi connectivity index (χ3v) is 3.74. The molecule has 0 fully saturated rings. The van der Waals surface area contributed by atoms with E-state index < -0.39 is 0 Å². The first-order chi connectivity index (χ1) is 10.6. The Morgan fingerprint density at radius 2 is 2.32 bits per heavy atom. The number of anilines is 1. The van der Waals surface area contributed by atoms with Gasteiger partial charge in [0, 0.05) is 5.38 Å². The van der Waals surface area contributed by atoms with Crippen molar-refractivity contribution in [1.82, 2.24) is 4.98 Å². The number of hydrogen-bond donors (Lipinski definition) is 1. The summed E-state index contributed by atoms with van der Waals surface area (Å²) in [7, 11) is 1.56. The summed E-state index contributed by atoms with van der Waals surface area (Å²) >= 11 is 7.71. The van der Waals surface area contributed by atoms with Crippen LogP contribution in [0, 0.1) is 6.92 Å². The topological polar surface area (TPSA) is 55.7 Å². The Morgan fingerprint density at radius 3 is 2.95 bits per heavy atom. The van der Waals surface area contributed by atoms with Crippen LogP contribution in [0.1, 0.15) is 11.3 Å². The predicted molar refractivity (Wildman–Crippen MR) is 91.8 cm³/mol. The van der Waals surface area contributed by atoms with E-state index >= 15 is 0 Å². The van der Waals surface area contributed by atoms with Gasteiger partial charge in [-0.2, -0.15) is 5.10 Å². The van der Waals surface area contributed by atoms with Gasteiger partial charge in [0.15, 0.2) is 11.5 Å². The molecule has 1 heterocycles. The number of hydrazone groups is 1. The van der Waals surface area contributed by atoms with Gasteiger partial charge in [0.1, 0.15) is 6.61 Å². The van der Waals surface area contributed by atoms with Gasteiger partial charge >= 0.3 is 0 Å². The summed E-state index contributed by atoms with van der Waals surface area (Å²) in [6.45, 7) is 5.89. The van der Waals surface area contributed by atoms with E-state index in [2.05, 4.69) is 22.1 Å². The fraction of sp³-hybridized carbons (Fsp3) is 0.200. The molecule has 0 unspecified atom stereocenters. The average molecular weight is 338 g/mol. The molecule has 0 aliphatic heterocycles. The highest BCUT2D eigenvalue weighted by atomic mass is 35.5. The number of hydrogen-bond acceptors (Lipinski definition) is 6. The van der Waals surface area contributed by atoms with Crippen molar-refractivity contribution in [3.63, 3.8) is 0 Å². The third-order valence-electron chi connectivity index (χ3n) is 2.59. The maximum absolute atomic E-state index is 6.22. The zero-order valence-corrected chi connectivity index (χ0v) is 13.9. The molecule has 1 N–H and O–H groups in total. The Morgan fingerprint density at radius 1 is 1.50 bits per heavy atom.